The summed E-state index contributed by atoms with van der Waals surface area (Å²) in [5.74, 6) is 0. The molecule has 0 aliphatic heterocycles. The Bertz CT molecular complexity index is 782. The average Bonchev–Trinajstić information content (AvgIpc) is 2.40. The topological polar surface area (TPSA) is 109 Å². The zero-order valence-corrected chi connectivity index (χ0v) is 12.4. The Hall–Kier alpha value is -2.11. The lowest BCUT2D eigenvalue weighted by Gasteiger charge is -2.09. The molecule has 0 bridgehead atoms. The molecule has 8 heteroatoms. The Balaban J connectivity index is 2.41. The third kappa shape index (κ3) is 3.07. The van der Waals surface area contributed by atoms with Crippen molar-refractivity contribution >= 4 is 37.3 Å². The van der Waals surface area contributed by atoms with Gasteiger partial charge in [-0.2, -0.15) is 5.26 Å². The van der Waals surface area contributed by atoms with Gasteiger partial charge in [0.1, 0.15) is 15.6 Å². The van der Waals surface area contributed by atoms with Crippen LogP contribution in [0.2, 0.25) is 0 Å². The molecule has 0 atom stereocenters. The van der Waals surface area contributed by atoms with Gasteiger partial charge in [-0.15, -0.1) is 0 Å². The first-order chi connectivity index (χ1) is 9.42. The van der Waals surface area contributed by atoms with Gasteiger partial charge in [0.05, 0.1) is 17.4 Å². The molecular formula is C12H9BrN4O2S. The lowest BCUT2D eigenvalue weighted by molar-refractivity contribution is 0.601. The number of hydrogen-bond donors (Lipinski definition) is 2. The van der Waals surface area contributed by atoms with Crippen LogP contribution >= 0.6 is 15.9 Å². The maximum Gasteiger partial charge on any atom is 0.263 e. The summed E-state index contributed by atoms with van der Waals surface area (Å²) in [7, 11) is -3.87. The number of hydrogen-bond acceptors (Lipinski definition) is 5. The summed E-state index contributed by atoms with van der Waals surface area (Å²) in [5, 5.41) is 8.99. The highest BCUT2D eigenvalue weighted by Crippen LogP contribution is 2.21. The zero-order valence-electron chi connectivity index (χ0n) is 10.0. The normalized spacial score (nSPS) is 10.8. The number of halogens is 1. The van der Waals surface area contributed by atoms with Crippen molar-refractivity contribution in [2.75, 3.05) is 10.5 Å². The summed E-state index contributed by atoms with van der Waals surface area (Å²) in [6.07, 6.45) is 1.37. The van der Waals surface area contributed by atoms with E-state index in [2.05, 4.69) is 25.6 Å². The van der Waals surface area contributed by atoms with Crippen molar-refractivity contribution in [2.45, 2.75) is 4.90 Å². The van der Waals surface area contributed by atoms with Gasteiger partial charge in [0.15, 0.2) is 0 Å². The van der Waals surface area contributed by atoms with Crippen molar-refractivity contribution in [3.63, 3.8) is 0 Å². The van der Waals surface area contributed by atoms with Crippen LogP contribution in [0.3, 0.4) is 0 Å². The Morgan fingerprint density at radius 2 is 2.05 bits per heavy atom. The van der Waals surface area contributed by atoms with Crippen LogP contribution in [0.4, 0.5) is 11.4 Å². The highest BCUT2D eigenvalue weighted by atomic mass is 79.9. The SMILES string of the molecule is N#Cc1cc(N)ccc1S(=O)(=O)Nc1ccc(Br)nc1. The van der Waals surface area contributed by atoms with Gasteiger partial charge in [-0.3, -0.25) is 4.72 Å². The molecule has 0 saturated heterocycles. The molecule has 20 heavy (non-hydrogen) atoms. The minimum absolute atomic E-state index is 0.0115. The predicted molar refractivity (Wildman–Crippen MR) is 78.3 cm³/mol. The number of anilines is 2. The second-order valence-electron chi connectivity index (χ2n) is 3.84. The number of rotatable bonds is 3. The number of nitrogens with zero attached hydrogens (tertiary/aromatic N) is 2. The number of sulfonamides is 1. The quantitative estimate of drug-likeness (QED) is 0.649. The summed E-state index contributed by atoms with van der Waals surface area (Å²) >= 11 is 3.16. The smallest absolute Gasteiger partial charge is 0.263 e. The predicted octanol–water partition coefficient (Wildman–Crippen LogP) is 2.10. The molecule has 2 rings (SSSR count). The number of nitrogen functional groups attached to an aromatic ring is 1. The van der Waals surface area contributed by atoms with E-state index < -0.39 is 10.0 Å². The van der Waals surface area contributed by atoms with E-state index in [9.17, 15) is 8.42 Å². The summed E-state index contributed by atoms with van der Waals surface area (Å²) in [6.45, 7) is 0. The van der Waals surface area contributed by atoms with Gasteiger partial charge in [-0.1, -0.05) is 0 Å². The molecule has 1 heterocycles. The standard InChI is InChI=1S/C12H9BrN4O2S/c13-12-4-2-10(7-16-12)17-20(18,19)11-3-1-9(15)5-8(11)6-14/h1-5,7,17H,15H2. The molecule has 0 radical (unpaired) electrons. The summed E-state index contributed by atoms with van der Waals surface area (Å²) in [4.78, 5) is 3.79. The molecule has 0 unspecified atom stereocenters. The molecule has 0 aliphatic carbocycles. The fourth-order valence-electron chi connectivity index (χ4n) is 1.52. The number of nitrogens with one attached hydrogen (secondary N) is 1. The van der Waals surface area contributed by atoms with E-state index in [1.807, 2.05) is 6.07 Å². The van der Waals surface area contributed by atoms with Crippen LogP contribution in [0.15, 0.2) is 46.0 Å². The molecule has 1 aromatic carbocycles. The summed E-state index contributed by atoms with van der Waals surface area (Å²) in [6, 6.07) is 9.01. The van der Waals surface area contributed by atoms with E-state index in [1.165, 1.54) is 24.4 Å². The maximum atomic E-state index is 12.2. The lowest BCUT2D eigenvalue weighted by Crippen LogP contribution is -2.14. The van der Waals surface area contributed by atoms with Gasteiger partial charge >= 0.3 is 0 Å². The first kappa shape index (κ1) is 14.3. The minimum Gasteiger partial charge on any atom is -0.399 e. The maximum absolute atomic E-state index is 12.2. The van der Waals surface area contributed by atoms with Crippen LogP contribution in [0.1, 0.15) is 5.56 Å². The molecule has 0 fully saturated rings. The molecule has 0 spiro atoms. The van der Waals surface area contributed by atoms with E-state index >= 15 is 0 Å². The second kappa shape index (κ2) is 5.48. The van der Waals surface area contributed by atoms with Crippen LogP contribution in [0, 0.1) is 11.3 Å². The molecule has 102 valence electrons. The Labute approximate surface area is 124 Å². The Morgan fingerprint density at radius 3 is 2.65 bits per heavy atom. The fraction of sp³-hybridized carbons (Fsp3) is 0. The van der Waals surface area contributed by atoms with Crippen molar-refractivity contribution in [1.82, 2.24) is 4.98 Å². The van der Waals surface area contributed by atoms with E-state index in [0.29, 0.717) is 16.0 Å². The molecule has 0 saturated carbocycles. The van der Waals surface area contributed by atoms with Gasteiger partial charge < -0.3 is 5.73 Å². The van der Waals surface area contributed by atoms with Crippen LogP contribution < -0.4 is 10.5 Å². The number of nitriles is 1. The average molecular weight is 353 g/mol. The lowest BCUT2D eigenvalue weighted by atomic mass is 10.2. The zero-order chi connectivity index (χ0) is 14.8. The van der Waals surface area contributed by atoms with Crippen molar-refractivity contribution < 1.29 is 8.42 Å². The first-order valence-electron chi connectivity index (χ1n) is 5.36. The Kier molecular flexibility index (Phi) is 3.92. The number of aromatic nitrogens is 1. The second-order valence-corrected chi connectivity index (χ2v) is 6.31. The van der Waals surface area contributed by atoms with Crippen LogP contribution in [-0.4, -0.2) is 13.4 Å². The van der Waals surface area contributed by atoms with Crippen molar-refractivity contribution in [2.24, 2.45) is 0 Å². The monoisotopic (exact) mass is 352 g/mol. The van der Waals surface area contributed by atoms with Crippen LogP contribution in [-0.2, 0) is 10.0 Å². The van der Waals surface area contributed by atoms with Gasteiger partial charge in [0.25, 0.3) is 10.0 Å². The number of benzene rings is 1. The molecule has 6 nitrogen and oxygen atoms in total. The molecule has 0 amide bonds. The third-order valence-electron chi connectivity index (χ3n) is 2.39. The third-order valence-corrected chi connectivity index (χ3v) is 4.30. The largest absolute Gasteiger partial charge is 0.399 e. The van der Waals surface area contributed by atoms with Crippen molar-refractivity contribution in [3.8, 4) is 6.07 Å². The molecule has 1 aromatic heterocycles. The molecule has 3 N–H and O–H groups in total. The van der Waals surface area contributed by atoms with Crippen molar-refractivity contribution in [3.05, 3.63) is 46.7 Å². The van der Waals surface area contributed by atoms with Gasteiger partial charge in [0, 0.05) is 5.69 Å². The van der Waals surface area contributed by atoms with Crippen LogP contribution in [0.25, 0.3) is 0 Å². The van der Waals surface area contributed by atoms with E-state index in [-0.39, 0.29) is 10.5 Å². The van der Waals surface area contributed by atoms with E-state index in [4.69, 9.17) is 11.0 Å². The van der Waals surface area contributed by atoms with Gasteiger partial charge in [-0.25, -0.2) is 13.4 Å². The van der Waals surface area contributed by atoms with Crippen molar-refractivity contribution in [1.29, 1.82) is 5.26 Å². The highest BCUT2D eigenvalue weighted by Gasteiger charge is 2.19. The summed E-state index contributed by atoms with van der Waals surface area (Å²) in [5.41, 5.74) is 6.15. The van der Waals surface area contributed by atoms with Gasteiger partial charge in [-0.05, 0) is 46.3 Å². The molecule has 0 aliphatic rings. The Morgan fingerprint density at radius 1 is 1.30 bits per heavy atom. The van der Waals surface area contributed by atoms with E-state index in [1.54, 1.807) is 12.1 Å². The number of pyridine rings is 1. The highest BCUT2D eigenvalue weighted by molar-refractivity contribution is 9.10. The first-order valence-corrected chi connectivity index (χ1v) is 7.64. The van der Waals surface area contributed by atoms with Gasteiger partial charge in [0.2, 0.25) is 0 Å². The molecular weight excluding hydrogens is 344 g/mol. The fourth-order valence-corrected chi connectivity index (χ4v) is 2.93. The summed E-state index contributed by atoms with van der Waals surface area (Å²) < 4.78 is 27.4. The molecule has 2 aromatic rings. The van der Waals surface area contributed by atoms with Crippen LogP contribution in [0.5, 0.6) is 0 Å². The van der Waals surface area contributed by atoms with E-state index in [0.717, 1.165) is 0 Å². The minimum atomic E-state index is -3.87. The number of nitrogens with two attached hydrogens (primary N) is 1.